The average molecular weight is 369 g/mol. The second kappa shape index (κ2) is 10.2. The van der Waals surface area contributed by atoms with Crippen LogP contribution >= 0.6 is 0 Å². The summed E-state index contributed by atoms with van der Waals surface area (Å²) in [4.78, 5) is 15.7. The number of nitrogens with zero attached hydrogens (tertiary/aromatic N) is 1. The van der Waals surface area contributed by atoms with Gasteiger partial charge in [0, 0.05) is 20.1 Å². The van der Waals surface area contributed by atoms with Crippen molar-refractivity contribution >= 4 is 11.9 Å². The van der Waals surface area contributed by atoms with Crippen molar-refractivity contribution in [1.82, 2.24) is 10.6 Å². The Bertz CT molecular complexity index is 786. The molecule has 0 radical (unpaired) electrons. The molecule has 0 spiro atoms. The maximum absolute atomic E-state index is 11.5. The van der Waals surface area contributed by atoms with E-state index in [1.165, 1.54) is 12.7 Å². The van der Waals surface area contributed by atoms with Gasteiger partial charge in [0.05, 0.1) is 19.8 Å². The quantitative estimate of drug-likeness (QED) is 0.446. The van der Waals surface area contributed by atoms with Gasteiger partial charge in [0.25, 0.3) is 0 Å². The fraction of sp³-hybridized carbons (Fsp3) is 0.333. The summed E-state index contributed by atoms with van der Waals surface area (Å²) in [6, 6.07) is 13.5. The van der Waals surface area contributed by atoms with Crippen LogP contribution in [0.4, 0.5) is 0 Å². The van der Waals surface area contributed by atoms with Gasteiger partial charge in [-0.3, -0.25) is 4.99 Å². The zero-order valence-corrected chi connectivity index (χ0v) is 16.3. The molecule has 0 aliphatic rings. The predicted octanol–water partition coefficient (Wildman–Crippen LogP) is 2.70. The van der Waals surface area contributed by atoms with E-state index in [9.17, 15) is 4.79 Å². The van der Waals surface area contributed by atoms with E-state index in [0.29, 0.717) is 12.1 Å². The average Bonchev–Trinajstić information content (AvgIpc) is 2.71. The fourth-order valence-corrected chi connectivity index (χ4v) is 2.63. The normalized spacial score (nSPS) is 11.0. The molecular formula is C21H27N3O3. The Morgan fingerprint density at radius 3 is 2.37 bits per heavy atom. The van der Waals surface area contributed by atoms with E-state index >= 15 is 0 Å². The molecule has 144 valence electrons. The number of benzene rings is 2. The molecule has 0 aliphatic heterocycles. The van der Waals surface area contributed by atoms with Crippen LogP contribution in [-0.2, 0) is 17.7 Å². The molecule has 0 unspecified atom stereocenters. The van der Waals surface area contributed by atoms with Crippen molar-refractivity contribution in [3.63, 3.8) is 0 Å². The van der Waals surface area contributed by atoms with Crippen molar-refractivity contribution in [2.45, 2.75) is 19.9 Å². The maximum Gasteiger partial charge on any atom is 0.337 e. The molecule has 0 saturated carbocycles. The van der Waals surface area contributed by atoms with E-state index in [4.69, 9.17) is 9.47 Å². The number of rotatable bonds is 7. The summed E-state index contributed by atoms with van der Waals surface area (Å²) in [5, 5.41) is 6.57. The molecule has 0 aliphatic carbocycles. The first-order valence-corrected chi connectivity index (χ1v) is 8.82. The minimum absolute atomic E-state index is 0.334. The first-order valence-electron chi connectivity index (χ1n) is 8.82. The van der Waals surface area contributed by atoms with Crippen LogP contribution in [0.25, 0.3) is 0 Å². The van der Waals surface area contributed by atoms with Crippen LogP contribution < -0.4 is 15.4 Å². The molecule has 2 aromatic rings. The summed E-state index contributed by atoms with van der Waals surface area (Å²) in [7, 11) is 4.80. The number of aryl methyl sites for hydroxylation is 1. The van der Waals surface area contributed by atoms with Gasteiger partial charge in [0.1, 0.15) is 5.75 Å². The SMILES string of the molecule is CN=C(NCCc1ccc(C)c(OC)c1)NCc1ccc(C(=O)OC)cc1. The van der Waals surface area contributed by atoms with Gasteiger partial charge < -0.3 is 20.1 Å². The number of aliphatic imine (C=N–C) groups is 1. The lowest BCUT2D eigenvalue weighted by Gasteiger charge is -2.13. The van der Waals surface area contributed by atoms with Gasteiger partial charge in [-0.25, -0.2) is 4.79 Å². The molecule has 2 N–H and O–H groups in total. The molecule has 0 bridgehead atoms. The topological polar surface area (TPSA) is 72.0 Å². The minimum Gasteiger partial charge on any atom is -0.496 e. The number of hydrogen-bond donors (Lipinski definition) is 2. The highest BCUT2D eigenvalue weighted by Crippen LogP contribution is 2.19. The summed E-state index contributed by atoms with van der Waals surface area (Å²) < 4.78 is 10.1. The molecule has 2 aromatic carbocycles. The number of carbonyl (C=O) groups is 1. The van der Waals surface area contributed by atoms with Gasteiger partial charge in [0.15, 0.2) is 5.96 Å². The van der Waals surface area contributed by atoms with Crippen molar-refractivity contribution in [3.05, 3.63) is 64.7 Å². The number of guanidine groups is 1. The third kappa shape index (κ3) is 6.02. The molecule has 0 atom stereocenters. The molecule has 0 aromatic heterocycles. The number of methoxy groups -OCH3 is 2. The van der Waals surface area contributed by atoms with Crippen molar-refractivity contribution in [1.29, 1.82) is 0 Å². The Hall–Kier alpha value is -3.02. The zero-order valence-electron chi connectivity index (χ0n) is 16.3. The Kier molecular flexibility index (Phi) is 7.67. The highest BCUT2D eigenvalue weighted by molar-refractivity contribution is 5.89. The van der Waals surface area contributed by atoms with Crippen molar-refractivity contribution in [3.8, 4) is 5.75 Å². The molecule has 2 rings (SSSR count). The molecule has 27 heavy (non-hydrogen) atoms. The Morgan fingerprint density at radius 1 is 1.04 bits per heavy atom. The van der Waals surface area contributed by atoms with Crippen molar-refractivity contribution < 1.29 is 14.3 Å². The van der Waals surface area contributed by atoms with Crippen LogP contribution in [0, 0.1) is 6.92 Å². The molecule has 6 heteroatoms. The summed E-state index contributed by atoms with van der Waals surface area (Å²) >= 11 is 0. The molecular weight excluding hydrogens is 342 g/mol. The van der Waals surface area contributed by atoms with E-state index < -0.39 is 0 Å². The lowest BCUT2D eigenvalue weighted by Crippen LogP contribution is -2.37. The summed E-state index contributed by atoms with van der Waals surface area (Å²) in [5.41, 5.74) is 3.93. The third-order valence-corrected chi connectivity index (χ3v) is 4.24. The molecule has 0 saturated heterocycles. The molecule has 0 heterocycles. The van der Waals surface area contributed by atoms with E-state index in [2.05, 4.69) is 33.8 Å². The first kappa shape index (κ1) is 20.3. The number of ether oxygens (including phenoxy) is 2. The van der Waals surface area contributed by atoms with Crippen molar-refractivity contribution in [2.24, 2.45) is 4.99 Å². The lowest BCUT2D eigenvalue weighted by atomic mass is 10.1. The van der Waals surface area contributed by atoms with Crippen LogP contribution in [0.15, 0.2) is 47.5 Å². The molecule has 0 amide bonds. The van der Waals surface area contributed by atoms with Gasteiger partial charge in [-0.1, -0.05) is 24.3 Å². The molecule has 0 fully saturated rings. The van der Waals surface area contributed by atoms with Crippen LogP contribution in [-0.4, -0.2) is 39.7 Å². The van der Waals surface area contributed by atoms with E-state index in [0.717, 1.165) is 35.8 Å². The van der Waals surface area contributed by atoms with Gasteiger partial charge in [0.2, 0.25) is 0 Å². The Morgan fingerprint density at radius 2 is 1.74 bits per heavy atom. The highest BCUT2D eigenvalue weighted by Gasteiger charge is 2.05. The summed E-state index contributed by atoms with van der Waals surface area (Å²) in [5.74, 6) is 1.30. The minimum atomic E-state index is -0.334. The predicted molar refractivity (Wildman–Crippen MR) is 107 cm³/mol. The summed E-state index contributed by atoms with van der Waals surface area (Å²) in [6.07, 6.45) is 0.866. The monoisotopic (exact) mass is 369 g/mol. The Balaban J connectivity index is 1.81. The smallest absolute Gasteiger partial charge is 0.337 e. The highest BCUT2D eigenvalue weighted by atomic mass is 16.5. The number of esters is 1. The third-order valence-electron chi connectivity index (χ3n) is 4.24. The van der Waals surface area contributed by atoms with Crippen LogP contribution in [0.2, 0.25) is 0 Å². The number of nitrogens with one attached hydrogen (secondary N) is 2. The van der Waals surface area contributed by atoms with E-state index in [1.807, 2.05) is 19.1 Å². The van der Waals surface area contributed by atoms with Crippen LogP contribution in [0.1, 0.15) is 27.0 Å². The maximum atomic E-state index is 11.5. The number of carbonyl (C=O) groups excluding carboxylic acids is 1. The van der Waals surface area contributed by atoms with Crippen LogP contribution in [0.3, 0.4) is 0 Å². The van der Waals surface area contributed by atoms with Gasteiger partial charge in [-0.05, 0) is 48.2 Å². The summed E-state index contributed by atoms with van der Waals surface area (Å²) in [6.45, 7) is 3.40. The zero-order chi connectivity index (χ0) is 19.6. The second-order valence-corrected chi connectivity index (χ2v) is 6.10. The van der Waals surface area contributed by atoms with Gasteiger partial charge in [-0.2, -0.15) is 0 Å². The van der Waals surface area contributed by atoms with E-state index in [-0.39, 0.29) is 5.97 Å². The van der Waals surface area contributed by atoms with Gasteiger partial charge >= 0.3 is 5.97 Å². The fourth-order valence-electron chi connectivity index (χ4n) is 2.63. The molecule has 6 nitrogen and oxygen atoms in total. The van der Waals surface area contributed by atoms with Crippen molar-refractivity contribution in [2.75, 3.05) is 27.8 Å². The largest absolute Gasteiger partial charge is 0.496 e. The Labute approximate surface area is 160 Å². The van der Waals surface area contributed by atoms with E-state index in [1.54, 1.807) is 26.3 Å². The second-order valence-electron chi connectivity index (χ2n) is 6.10. The first-order chi connectivity index (χ1) is 13.1. The standard InChI is InChI=1S/C21H27N3O3/c1-15-5-6-16(13-19(15)26-3)11-12-23-21(22-2)24-14-17-7-9-18(10-8-17)20(25)27-4/h5-10,13H,11-12,14H2,1-4H3,(H2,22,23,24). The van der Waals surface area contributed by atoms with Crippen LogP contribution in [0.5, 0.6) is 5.75 Å². The van der Waals surface area contributed by atoms with Gasteiger partial charge in [-0.15, -0.1) is 0 Å². The number of hydrogen-bond acceptors (Lipinski definition) is 4. The lowest BCUT2D eigenvalue weighted by molar-refractivity contribution is 0.0600.